The number of carbonyl (C=O) groups is 2. The number of amides is 2. The molecule has 0 radical (unpaired) electrons. The number of aromatic nitrogens is 1. The minimum absolute atomic E-state index is 0.0749. The number of nitrogens with two attached hydrogens (primary N) is 1. The Morgan fingerprint density at radius 3 is 2.34 bits per heavy atom. The maximum atomic E-state index is 12.2. The fourth-order valence-corrected chi connectivity index (χ4v) is 6.16. The van der Waals surface area contributed by atoms with Crippen LogP contribution in [0.3, 0.4) is 0 Å². The summed E-state index contributed by atoms with van der Waals surface area (Å²) in [4.78, 5) is 31.5. The predicted molar refractivity (Wildman–Crippen MR) is 136 cm³/mol. The van der Waals surface area contributed by atoms with Crippen molar-refractivity contribution in [3.05, 3.63) is 64.5 Å². The molecule has 1 saturated carbocycles. The van der Waals surface area contributed by atoms with Crippen LogP contribution in [0.4, 0.5) is 0 Å². The van der Waals surface area contributed by atoms with Crippen LogP contribution in [0.25, 0.3) is 11.3 Å². The smallest absolute Gasteiger partial charge is 0.298 e. The standard InChI is InChI=1S/C28H27N3O3S/c1-2-6-23(32)31-15-13-28(14-16-31)17-20(18-28)27-30-24(25(35-27)26(29)33)19-9-11-22(12-10-19)34-21-7-4-3-5-8-21/h3-5,7-12,20H,13-18H2,1H3,(H2,29,33). The lowest BCUT2D eigenvalue weighted by Gasteiger charge is -2.51. The van der Waals surface area contributed by atoms with Crippen molar-refractivity contribution in [3.63, 3.8) is 0 Å². The van der Waals surface area contributed by atoms with Gasteiger partial charge in [-0.25, -0.2) is 4.98 Å². The molecule has 0 atom stereocenters. The number of rotatable bonds is 5. The molecule has 2 aromatic carbocycles. The van der Waals surface area contributed by atoms with Crippen molar-refractivity contribution in [1.82, 2.24) is 9.88 Å². The highest BCUT2D eigenvalue weighted by Gasteiger charge is 2.48. The summed E-state index contributed by atoms with van der Waals surface area (Å²) in [5.74, 6) is 6.61. The maximum absolute atomic E-state index is 12.2. The van der Waals surface area contributed by atoms with Gasteiger partial charge in [0, 0.05) is 24.6 Å². The molecule has 178 valence electrons. The van der Waals surface area contributed by atoms with Crippen molar-refractivity contribution >= 4 is 23.2 Å². The number of hydrogen-bond acceptors (Lipinski definition) is 5. The number of carbonyl (C=O) groups excluding carboxylic acids is 2. The molecule has 1 aliphatic carbocycles. The van der Waals surface area contributed by atoms with Gasteiger partial charge in [-0.15, -0.1) is 11.3 Å². The van der Waals surface area contributed by atoms with Gasteiger partial charge in [0.2, 0.25) is 0 Å². The molecule has 2 amide bonds. The van der Waals surface area contributed by atoms with E-state index in [-0.39, 0.29) is 11.3 Å². The Labute approximate surface area is 209 Å². The third-order valence-corrected chi connectivity index (χ3v) is 8.26. The molecule has 1 saturated heterocycles. The zero-order chi connectivity index (χ0) is 24.4. The first-order valence-corrected chi connectivity index (χ1v) is 12.6. The van der Waals surface area contributed by atoms with Gasteiger partial charge in [0.25, 0.3) is 11.8 Å². The van der Waals surface area contributed by atoms with E-state index in [1.54, 1.807) is 6.92 Å². The Kier molecular flexibility index (Phi) is 6.31. The summed E-state index contributed by atoms with van der Waals surface area (Å²) in [5, 5.41) is 0.972. The number of piperidine rings is 1. The fraction of sp³-hybridized carbons (Fsp3) is 0.321. The third-order valence-electron chi connectivity index (χ3n) is 7.03. The van der Waals surface area contributed by atoms with E-state index in [1.807, 2.05) is 59.5 Å². The molecule has 0 unspecified atom stereocenters. The second kappa shape index (κ2) is 9.55. The Bertz CT molecular complexity index is 1290. The molecule has 7 heteroatoms. The zero-order valence-corrected chi connectivity index (χ0v) is 20.4. The molecule has 2 N–H and O–H groups in total. The number of nitrogens with zero attached hydrogens (tertiary/aromatic N) is 2. The predicted octanol–water partition coefficient (Wildman–Crippen LogP) is 5.21. The van der Waals surface area contributed by atoms with E-state index in [4.69, 9.17) is 15.5 Å². The number of ether oxygens (including phenoxy) is 1. The van der Waals surface area contributed by atoms with Crippen molar-refractivity contribution in [3.8, 4) is 34.6 Å². The van der Waals surface area contributed by atoms with Gasteiger partial charge < -0.3 is 15.4 Å². The molecule has 6 nitrogen and oxygen atoms in total. The molecule has 2 aliphatic rings. The van der Waals surface area contributed by atoms with Crippen LogP contribution in [0.1, 0.15) is 53.2 Å². The van der Waals surface area contributed by atoms with Crippen LogP contribution in [0.2, 0.25) is 0 Å². The molecular weight excluding hydrogens is 458 g/mol. The lowest BCUT2D eigenvalue weighted by Crippen LogP contribution is -2.47. The van der Waals surface area contributed by atoms with Gasteiger partial charge in [0.15, 0.2) is 0 Å². The van der Waals surface area contributed by atoms with Crippen LogP contribution in [0.15, 0.2) is 54.6 Å². The van der Waals surface area contributed by atoms with Gasteiger partial charge in [0.1, 0.15) is 16.4 Å². The van der Waals surface area contributed by atoms with Crippen molar-refractivity contribution in [1.29, 1.82) is 0 Å². The number of benzene rings is 2. The third kappa shape index (κ3) is 4.80. The van der Waals surface area contributed by atoms with Crippen molar-refractivity contribution in [2.75, 3.05) is 13.1 Å². The van der Waals surface area contributed by atoms with Gasteiger partial charge in [-0.05, 0) is 80.3 Å². The first-order chi connectivity index (χ1) is 17.0. The molecule has 5 rings (SSSR count). The first-order valence-electron chi connectivity index (χ1n) is 11.8. The number of primary amides is 1. The molecule has 3 aromatic rings. The molecule has 1 aliphatic heterocycles. The highest BCUT2D eigenvalue weighted by Crippen LogP contribution is 2.57. The summed E-state index contributed by atoms with van der Waals surface area (Å²) in [5.41, 5.74) is 7.47. The van der Waals surface area contributed by atoms with E-state index in [1.165, 1.54) is 11.3 Å². The van der Waals surface area contributed by atoms with Crippen LogP contribution in [0.5, 0.6) is 11.5 Å². The molecule has 2 heterocycles. The van der Waals surface area contributed by atoms with E-state index in [0.29, 0.717) is 22.2 Å². The van der Waals surface area contributed by atoms with Crippen molar-refractivity contribution in [2.45, 2.75) is 38.5 Å². The monoisotopic (exact) mass is 485 g/mol. The molecule has 1 aromatic heterocycles. The summed E-state index contributed by atoms with van der Waals surface area (Å²) in [6.07, 6.45) is 4.04. The van der Waals surface area contributed by atoms with Crippen LogP contribution in [-0.4, -0.2) is 34.8 Å². The Morgan fingerprint density at radius 1 is 1.06 bits per heavy atom. The van der Waals surface area contributed by atoms with E-state index in [9.17, 15) is 9.59 Å². The van der Waals surface area contributed by atoms with Gasteiger partial charge >= 0.3 is 0 Å². The molecule has 1 spiro atoms. The number of para-hydroxylation sites is 1. The van der Waals surface area contributed by atoms with E-state index in [0.717, 1.165) is 55.1 Å². The quantitative estimate of drug-likeness (QED) is 0.503. The van der Waals surface area contributed by atoms with Gasteiger partial charge in [-0.1, -0.05) is 24.1 Å². The normalized spacial score (nSPS) is 16.8. The van der Waals surface area contributed by atoms with Crippen molar-refractivity contribution < 1.29 is 14.3 Å². The van der Waals surface area contributed by atoms with E-state index in [2.05, 4.69) is 11.8 Å². The second-order valence-electron chi connectivity index (χ2n) is 9.31. The van der Waals surface area contributed by atoms with E-state index >= 15 is 0 Å². The summed E-state index contributed by atoms with van der Waals surface area (Å²) >= 11 is 1.41. The molecule has 35 heavy (non-hydrogen) atoms. The average Bonchev–Trinajstić information content (AvgIpc) is 3.29. The summed E-state index contributed by atoms with van der Waals surface area (Å²) in [6, 6.07) is 17.2. The summed E-state index contributed by atoms with van der Waals surface area (Å²) < 4.78 is 5.88. The van der Waals surface area contributed by atoms with E-state index < -0.39 is 5.91 Å². The van der Waals surface area contributed by atoms with Gasteiger partial charge in [0.05, 0.1) is 10.7 Å². The fourth-order valence-electron chi connectivity index (χ4n) is 5.12. The largest absolute Gasteiger partial charge is 0.457 e. The Hall–Kier alpha value is -3.63. The highest BCUT2D eigenvalue weighted by molar-refractivity contribution is 7.14. The minimum atomic E-state index is -0.453. The van der Waals surface area contributed by atoms with Crippen LogP contribution >= 0.6 is 11.3 Å². The Morgan fingerprint density at radius 2 is 1.71 bits per heavy atom. The highest BCUT2D eigenvalue weighted by atomic mass is 32.1. The number of thiazole rings is 1. The number of likely N-dealkylation sites (tertiary alicyclic amines) is 1. The topological polar surface area (TPSA) is 85.5 Å². The minimum Gasteiger partial charge on any atom is -0.457 e. The lowest BCUT2D eigenvalue weighted by atomic mass is 9.57. The molecule has 2 fully saturated rings. The average molecular weight is 486 g/mol. The number of hydrogen-bond donors (Lipinski definition) is 1. The lowest BCUT2D eigenvalue weighted by molar-refractivity contribution is -0.128. The van der Waals surface area contributed by atoms with Crippen molar-refractivity contribution in [2.24, 2.45) is 11.1 Å². The molecule has 0 bridgehead atoms. The van der Waals surface area contributed by atoms with Crippen LogP contribution < -0.4 is 10.5 Å². The SMILES string of the molecule is CC#CC(=O)N1CCC2(CC1)CC(c1nc(-c3ccc(Oc4ccccc4)cc3)c(C(N)=O)s1)C2. The molecular formula is C28H27N3O3S. The van der Waals surface area contributed by atoms with Crippen LogP contribution in [0, 0.1) is 17.3 Å². The zero-order valence-electron chi connectivity index (χ0n) is 19.6. The maximum Gasteiger partial charge on any atom is 0.298 e. The first kappa shape index (κ1) is 23.1. The van der Waals surface area contributed by atoms with Gasteiger partial charge in [-0.2, -0.15) is 0 Å². The van der Waals surface area contributed by atoms with Gasteiger partial charge in [-0.3, -0.25) is 9.59 Å². The summed E-state index contributed by atoms with van der Waals surface area (Å²) in [6.45, 7) is 3.20. The summed E-state index contributed by atoms with van der Waals surface area (Å²) in [7, 11) is 0. The van der Waals surface area contributed by atoms with Crippen LogP contribution in [-0.2, 0) is 4.79 Å². The Balaban J connectivity index is 1.27. The second-order valence-corrected chi connectivity index (χ2v) is 10.3.